The minimum Gasteiger partial charge on any atom is -0.481 e. The minimum absolute atomic E-state index is 0.189. The van der Waals surface area contributed by atoms with Crippen LogP contribution in [-0.2, 0) is 10.2 Å². The molecule has 0 spiro atoms. The number of carboxylic acid groups (broad SMARTS) is 1. The van der Waals surface area contributed by atoms with Crippen molar-refractivity contribution < 1.29 is 15.0 Å². The molecular formula is C14H23N3O3S. The summed E-state index contributed by atoms with van der Waals surface area (Å²) in [6, 6.07) is 0. The highest BCUT2D eigenvalue weighted by Gasteiger charge is 2.32. The molecule has 0 radical (unpaired) electrons. The molecule has 1 aromatic heterocycles. The van der Waals surface area contributed by atoms with Gasteiger partial charge in [0.15, 0.2) is 5.13 Å². The molecule has 0 saturated carbocycles. The van der Waals surface area contributed by atoms with E-state index >= 15 is 0 Å². The third-order valence-corrected chi connectivity index (χ3v) is 4.84. The van der Waals surface area contributed by atoms with Crippen LogP contribution >= 0.6 is 11.3 Å². The molecule has 0 amide bonds. The standard InChI is InChI=1S/C14H23N3O3S/c1-14(2,12(19)20)11-10-21-13(15-11)17-5-3-4-16(6-7-17)8-9-18/h10,18H,3-9H2,1-2H3,(H,19,20). The van der Waals surface area contributed by atoms with Gasteiger partial charge in [-0.3, -0.25) is 9.69 Å². The predicted molar refractivity (Wildman–Crippen MR) is 83.1 cm³/mol. The molecule has 7 heteroatoms. The Labute approximate surface area is 129 Å². The first-order valence-electron chi connectivity index (χ1n) is 7.22. The highest BCUT2D eigenvalue weighted by atomic mass is 32.1. The van der Waals surface area contributed by atoms with Gasteiger partial charge in [-0.2, -0.15) is 0 Å². The highest BCUT2D eigenvalue weighted by Crippen LogP contribution is 2.29. The molecule has 2 heterocycles. The second kappa shape index (κ2) is 6.72. The Morgan fingerprint density at radius 1 is 1.38 bits per heavy atom. The van der Waals surface area contributed by atoms with Gasteiger partial charge in [0.05, 0.1) is 12.3 Å². The van der Waals surface area contributed by atoms with Gasteiger partial charge in [0.2, 0.25) is 0 Å². The lowest BCUT2D eigenvalue weighted by atomic mass is 9.90. The second-order valence-corrected chi connectivity index (χ2v) is 6.69. The van der Waals surface area contributed by atoms with Gasteiger partial charge in [0.1, 0.15) is 5.41 Å². The second-order valence-electron chi connectivity index (χ2n) is 5.85. The maximum absolute atomic E-state index is 11.3. The Morgan fingerprint density at radius 3 is 2.81 bits per heavy atom. The largest absolute Gasteiger partial charge is 0.481 e. The Bertz CT molecular complexity index is 490. The summed E-state index contributed by atoms with van der Waals surface area (Å²) in [5.74, 6) is -0.857. The summed E-state index contributed by atoms with van der Waals surface area (Å²) in [5.41, 5.74) is -0.338. The van der Waals surface area contributed by atoms with Crippen LogP contribution in [0.5, 0.6) is 0 Å². The van der Waals surface area contributed by atoms with Crippen LogP contribution in [0.2, 0.25) is 0 Å². The third-order valence-electron chi connectivity index (χ3n) is 3.94. The van der Waals surface area contributed by atoms with Crippen LogP contribution < -0.4 is 4.90 Å². The van der Waals surface area contributed by atoms with Gasteiger partial charge in [-0.25, -0.2) is 4.98 Å². The molecule has 0 unspecified atom stereocenters. The average molecular weight is 313 g/mol. The molecular weight excluding hydrogens is 290 g/mol. The Kier molecular flexibility index (Phi) is 5.18. The maximum atomic E-state index is 11.3. The van der Waals surface area contributed by atoms with E-state index in [9.17, 15) is 9.90 Å². The summed E-state index contributed by atoms with van der Waals surface area (Å²) in [7, 11) is 0. The lowest BCUT2D eigenvalue weighted by molar-refractivity contribution is -0.142. The van der Waals surface area contributed by atoms with Crippen molar-refractivity contribution in [3.8, 4) is 0 Å². The van der Waals surface area contributed by atoms with Crippen LogP contribution in [0, 0.1) is 0 Å². The zero-order valence-corrected chi connectivity index (χ0v) is 13.4. The fraction of sp³-hybridized carbons (Fsp3) is 0.714. The van der Waals surface area contributed by atoms with Crippen molar-refractivity contribution in [1.82, 2.24) is 9.88 Å². The van der Waals surface area contributed by atoms with Crippen LogP contribution in [0.15, 0.2) is 5.38 Å². The van der Waals surface area contributed by atoms with Crippen LogP contribution in [-0.4, -0.2) is 65.4 Å². The lowest BCUT2D eigenvalue weighted by Crippen LogP contribution is -2.32. The molecule has 0 bridgehead atoms. The first kappa shape index (κ1) is 16.2. The number of carboxylic acids is 1. The van der Waals surface area contributed by atoms with E-state index in [0.29, 0.717) is 12.2 Å². The molecule has 1 aliphatic rings. The molecule has 21 heavy (non-hydrogen) atoms. The summed E-state index contributed by atoms with van der Waals surface area (Å²) in [6.45, 7) is 7.92. The number of aromatic nitrogens is 1. The van der Waals surface area contributed by atoms with E-state index in [4.69, 9.17) is 5.11 Å². The predicted octanol–water partition coefficient (Wildman–Crippen LogP) is 1.01. The normalized spacial score (nSPS) is 17.8. The van der Waals surface area contributed by atoms with E-state index in [1.165, 1.54) is 11.3 Å². The lowest BCUT2D eigenvalue weighted by Gasteiger charge is -2.21. The molecule has 2 N–H and O–H groups in total. The number of aliphatic hydroxyl groups is 1. The summed E-state index contributed by atoms with van der Waals surface area (Å²) in [6.07, 6.45) is 1.03. The fourth-order valence-electron chi connectivity index (χ4n) is 2.33. The van der Waals surface area contributed by atoms with Crippen LogP contribution in [0.4, 0.5) is 5.13 Å². The molecule has 118 valence electrons. The van der Waals surface area contributed by atoms with Gasteiger partial charge < -0.3 is 15.1 Å². The van der Waals surface area contributed by atoms with E-state index in [2.05, 4.69) is 14.8 Å². The van der Waals surface area contributed by atoms with Gasteiger partial charge in [0.25, 0.3) is 0 Å². The van der Waals surface area contributed by atoms with Gasteiger partial charge in [-0.15, -0.1) is 11.3 Å². The SMILES string of the molecule is CC(C)(C(=O)O)c1csc(N2CCCN(CCO)CC2)n1. The molecule has 0 aromatic carbocycles. The number of thiazole rings is 1. The molecule has 0 atom stereocenters. The zero-order valence-electron chi connectivity index (χ0n) is 12.6. The summed E-state index contributed by atoms with van der Waals surface area (Å²) < 4.78 is 0. The number of aliphatic carboxylic acids is 1. The van der Waals surface area contributed by atoms with Gasteiger partial charge in [0, 0.05) is 31.6 Å². The quantitative estimate of drug-likeness (QED) is 0.845. The first-order chi connectivity index (χ1) is 9.95. The van der Waals surface area contributed by atoms with Crippen molar-refractivity contribution in [2.24, 2.45) is 0 Å². The van der Waals surface area contributed by atoms with E-state index in [0.717, 1.165) is 37.7 Å². The molecule has 1 saturated heterocycles. The number of rotatable bonds is 5. The van der Waals surface area contributed by atoms with Crippen molar-refractivity contribution in [2.45, 2.75) is 25.7 Å². The van der Waals surface area contributed by atoms with Crippen molar-refractivity contribution >= 4 is 22.4 Å². The monoisotopic (exact) mass is 313 g/mol. The number of anilines is 1. The molecule has 1 aromatic rings. The van der Waals surface area contributed by atoms with Crippen LogP contribution in [0.1, 0.15) is 26.0 Å². The highest BCUT2D eigenvalue weighted by molar-refractivity contribution is 7.13. The number of carbonyl (C=O) groups is 1. The maximum Gasteiger partial charge on any atom is 0.315 e. The molecule has 1 fully saturated rings. The fourth-order valence-corrected chi connectivity index (χ4v) is 3.38. The molecule has 0 aliphatic carbocycles. The summed E-state index contributed by atoms with van der Waals surface area (Å²) in [5, 5.41) is 21.0. The number of aliphatic hydroxyl groups excluding tert-OH is 1. The van der Waals surface area contributed by atoms with E-state index in [-0.39, 0.29) is 6.61 Å². The Morgan fingerprint density at radius 2 is 2.14 bits per heavy atom. The van der Waals surface area contributed by atoms with E-state index < -0.39 is 11.4 Å². The third kappa shape index (κ3) is 3.72. The minimum atomic E-state index is -0.955. The molecule has 2 rings (SSSR count). The van der Waals surface area contributed by atoms with Gasteiger partial charge in [-0.05, 0) is 26.8 Å². The van der Waals surface area contributed by atoms with Crippen molar-refractivity contribution in [3.05, 3.63) is 11.1 Å². The van der Waals surface area contributed by atoms with E-state index in [1.54, 1.807) is 13.8 Å². The van der Waals surface area contributed by atoms with Crippen LogP contribution in [0.3, 0.4) is 0 Å². The number of hydrogen-bond donors (Lipinski definition) is 2. The summed E-state index contributed by atoms with van der Waals surface area (Å²) >= 11 is 1.51. The Hall–Kier alpha value is -1.18. The van der Waals surface area contributed by atoms with Gasteiger partial charge >= 0.3 is 5.97 Å². The van der Waals surface area contributed by atoms with Crippen LogP contribution in [0.25, 0.3) is 0 Å². The molecule has 6 nitrogen and oxygen atoms in total. The van der Waals surface area contributed by atoms with Gasteiger partial charge in [-0.1, -0.05) is 0 Å². The smallest absolute Gasteiger partial charge is 0.315 e. The van der Waals surface area contributed by atoms with Crippen molar-refractivity contribution in [3.63, 3.8) is 0 Å². The summed E-state index contributed by atoms with van der Waals surface area (Å²) in [4.78, 5) is 20.3. The molecule has 1 aliphatic heterocycles. The number of β-amino-alcohol motifs (C(OH)–C–C–N with tert-alkyl or cyclic N) is 1. The van der Waals surface area contributed by atoms with E-state index in [1.807, 2.05) is 5.38 Å². The topological polar surface area (TPSA) is 76.9 Å². The van der Waals surface area contributed by atoms with Crippen molar-refractivity contribution in [1.29, 1.82) is 0 Å². The van der Waals surface area contributed by atoms with Crippen molar-refractivity contribution in [2.75, 3.05) is 44.2 Å². The zero-order chi connectivity index (χ0) is 15.5. The number of nitrogens with zero attached hydrogens (tertiary/aromatic N) is 3. The first-order valence-corrected chi connectivity index (χ1v) is 8.10. The Balaban J connectivity index is 2.06. The number of hydrogen-bond acceptors (Lipinski definition) is 6. The average Bonchev–Trinajstić information content (AvgIpc) is 2.82.